The van der Waals surface area contributed by atoms with Crippen LogP contribution in [-0.4, -0.2) is 83.9 Å². The van der Waals surface area contributed by atoms with Gasteiger partial charge in [0.05, 0.1) is 58.1 Å². The first-order valence-electron chi connectivity index (χ1n) is 23.1. The summed E-state index contributed by atoms with van der Waals surface area (Å²) in [6.07, 6.45) is 14.1. The predicted molar refractivity (Wildman–Crippen MR) is 238 cm³/mol. The summed E-state index contributed by atoms with van der Waals surface area (Å²) in [5.41, 5.74) is 7.76. The number of imidazole rings is 1. The first-order valence-corrected chi connectivity index (χ1v) is 23.1. The van der Waals surface area contributed by atoms with Gasteiger partial charge in [0.15, 0.2) is 17.3 Å². The number of carbonyl (C=O) groups excluding carboxylic acids is 1. The van der Waals surface area contributed by atoms with Gasteiger partial charge in [-0.25, -0.2) is 28.6 Å². The van der Waals surface area contributed by atoms with Crippen LogP contribution >= 0.6 is 0 Å². The van der Waals surface area contributed by atoms with E-state index in [1.807, 2.05) is 44.8 Å². The summed E-state index contributed by atoms with van der Waals surface area (Å²) in [6.45, 7) is 7.77. The molecule has 0 spiro atoms. The molecule has 336 valence electrons. The van der Waals surface area contributed by atoms with Crippen LogP contribution in [0.3, 0.4) is 0 Å². The molecular formula is C48H47FN12O5. The molecule has 2 aromatic carbocycles. The number of H-pyrrole nitrogens is 1. The number of nitrogens with one attached hydrogen (secondary N) is 1. The predicted octanol–water partition coefficient (Wildman–Crippen LogP) is 6.29. The van der Waals surface area contributed by atoms with Crippen molar-refractivity contribution in [3.05, 3.63) is 127 Å². The number of aryl methyl sites for hydroxylation is 1. The number of nitrogens with zero attached hydrogens (tertiary/aromatic N) is 11. The third-order valence-corrected chi connectivity index (χ3v) is 15.2. The zero-order chi connectivity index (χ0) is 44.7. The second-order valence-electron chi connectivity index (χ2n) is 18.9. The lowest BCUT2D eigenvalue weighted by molar-refractivity contribution is 0.0663. The minimum absolute atomic E-state index is 0.0281. The van der Waals surface area contributed by atoms with E-state index in [-0.39, 0.29) is 29.5 Å². The van der Waals surface area contributed by atoms with E-state index in [9.17, 15) is 9.59 Å². The Hall–Kier alpha value is -6.95. The van der Waals surface area contributed by atoms with Crippen LogP contribution < -0.4 is 11.4 Å². The first-order chi connectivity index (χ1) is 32.1. The Morgan fingerprint density at radius 1 is 0.955 bits per heavy atom. The molecule has 5 aliphatic rings. The first kappa shape index (κ1) is 39.4. The van der Waals surface area contributed by atoms with Gasteiger partial charge in [0.1, 0.15) is 22.6 Å². The van der Waals surface area contributed by atoms with Crippen molar-refractivity contribution < 1.29 is 18.4 Å². The van der Waals surface area contributed by atoms with E-state index in [4.69, 9.17) is 24.3 Å². The van der Waals surface area contributed by atoms with Crippen LogP contribution in [0.4, 0.5) is 4.39 Å². The molecule has 2 saturated carbocycles. The van der Waals surface area contributed by atoms with Gasteiger partial charge >= 0.3 is 11.4 Å². The summed E-state index contributed by atoms with van der Waals surface area (Å²) in [7, 11) is 0. The average molecular weight is 891 g/mol. The number of hydrogen-bond acceptors (Lipinski definition) is 10. The van der Waals surface area contributed by atoms with Crippen molar-refractivity contribution in [2.24, 2.45) is 5.92 Å². The van der Waals surface area contributed by atoms with Gasteiger partial charge in [-0.15, -0.1) is 0 Å². The molecule has 1 N–H and O–H groups in total. The molecular weight excluding hydrogens is 844 g/mol. The number of ether oxygens (including phenoxy) is 1. The van der Waals surface area contributed by atoms with E-state index >= 15 is 9.18 Å². The van der Waals surface area contributed by atoms with Crippen molar-refractivity contribution in [2.75, 3.05) is 19.8 Å². The zero-order valence-corrected chi connectivity index (χ0v) is 36.8. The van der Waals surface area contributed by atoms with Gasteiger partial charge in [-0.1, -0.05) is 18.1 Å². The van der Waals surface area contributed by atoms with Gasteiger partial charge in [-0.3, -0.25) is 28.1 Å². The number of carbonyl (C=O) groups is 1. The molecule has 8 heterocycles. The SMILES string of the molecule is Cc1ccc(-n2nc3c(c2-n2ccn(-c4ccc5c(cnn5C5CC5)c4F)c2=O)[C@H](C)N(C(=O)c2cc4nc(C5CCOCC5)cnc4n2[C@@]2(c4noc(=O)[nH]4)C[C@@H]2C)CC3)c2c1CCC2. The van der Waals surface area contributed by atoms with Crippen molar-refractivity contribution in [1.29, 1.82) is 0 Å². The minimum atomic E-state index is -0.912. The minimum Gasteiger partial charge on any atom is -0.381 e. The number of halogens is 1. The van der Waals surface area contributed by atoms with E-state index in [1.54, 1.807) is 35.4 Å². The third-order valence-electron chi connectivity index (χ3n) is 15.2. The van der Waals surface area contributed by atoms with E-state index in [2.05, 4.69) is 34.3 Å². The highest BCUT2D eigenvalue weighted by molar-refractivity contribution is 5.98. The standard InChI is InChI=1S/C48H47FN12O5/c1-25-7-10-36(31-6-4-5-30(25)31)61-43(58-18-17-57(47(58)64)38-12-11-37-32(41(38)49)23-51-60(37)29-8-9-29)40-27(3)56(16-13-33(40)54-61)44(62)39-21-34-42(50-24-35(52-34)28-14-19-65-20-15-28)59(39)48(22-26(48)2)45-53-46(63)66-55-45/h7,10-12,17-18,21,23-24,26-29H,4-6,8-9,13-16,19-20,22H2,1-3H3,(H,53,55,63)/t26-,27-,48-/m0/s1. The highest BCUT2D eigenvalue weighted by atomic mass is 19.1. The van der Waals surface area contributed by atoms with Crippen LogP contribution in [0.2, 0.25) is 0 Å². The number of fused-ring (bicyclic) bond motifs is 4. The summed E-state index contributed by atoms with van der Waals surface area (Å²) in [4.78, 5) is 57.6. The molecule has 1 amide bonds. The molecule has 13 rings (SSSR count). The Morgan fingerprint density at radius 2 is 1.74 bits per heavy atom. The van der Waals surface area contributed by atoms with Gasteiger partial charge in [-0.05, 0) is 112 Å². The van der Waals surface area contributed by atoms with E-state index in [0.29, 0.717) is 72.0 Å². The molecule has 0 bridgehead atoms. The lowest BCUT2D eigenvalue weighted by atomic mass is 9.97. The molecule has 0 radical (unpaired) electrons. The Balaban J connectivity index is 0.957. The molecule has 18 heteroatoms. The molecule has 2 aliphatic heterocycles. The Labute approximate surface area is 375 Å². The summed E-state index contributed by atoms with van der Waals surface area (Å²) < 4.78 is 35.7. The Bertz CT molecular complexity index is 3450. The van der Waals surface area contributed by atoms with Crippen LogP contribution in [0.5, 0.6) is 0 Å². The van der Waals surface area contributed by atoms with Gasteiger partial charge in [0.25, 0.3) is 5.91 Å². The maximum Gasteiger partial charge on any atom is 0.438 e. The molecule has 3 atom stereocenters. The molecule has 3 aliphatic carbocycles. The highest BCUT2D eigenvalue weighted by Crippen LogP contribution is 2.56. The number of aromatic nitrogens is 11. The largest absolute Gasteiger partial charge is 0.438 e. The zero-order valence-electron chi connectivity index (χ0n) is 36.8. The maximum absolute atomic E-state index is 16.5. The van der Waals surface area contributed by atoms with Crippen LogP contribution in [0.1, 0.15) is 120 Å². The van der Waals surface area contributed by atoms with Crippen molar-refractivity contribution in [3.8, 4) is 17.2 Å². The second-order valence-corrected chi connectivity index (χ2v) is 18.9. The number of rotatable bonds is 8. The highest BCUT2D eigenvalue weighted by Gasteiger charge is 2.59. The van der Waals surface area contributed by atoms with E-state index < -0.39 is 28.8 Å². The molecule has 1 saturated heterocycles. The number of hydrogen-bond donors (Lipinski definition) is 1. The van der Waals surface area contributed by atoms with Gasteiger partial charge in [0.2, 0.25) is 0 Å². The van der Waals surface area contributed by atoms with Gasteiger partial charge in [-0.2, -0.15) is 10.2 Å². The molecule has 6 aromatic heterocycles. The molecule has 17 nitrogen and oxygen atoms in total. The summed E-state index contributed by atoms with van der Waals surface area (Å²) in [5, 5.41) is 14.3. The molecule has 3 fully saturated rings. The average Bonchev–Trinajstić information content (AvgIpc) is 3.74. The second kappa shape index (κ2) is 14.3. The van der Waals surface area contributed by atoms with Crippen LogP contribution in [0, 0.1) is 18.7 Å². The number of aromatic amines is 1. The fourth-order valence-electron chi connectivity index (χ4n) is 11.4. The summed E-state index contributed by atoms with van der Waals surface area (Å²) in [5.74, 6) is -0.510. The van der Waals surface area contributed by atoms with Crippen molar-refractivity contribution >= 4 is 28.0 Å². The number of benzene rings is 2. The Morgan fingerprint density at radius 3 is 2.52 bits per heavy atom. The van der Waals surface area contributed by atoms with Crippen LogP contribution in [0.25, 0.3) is 39.3 Å². The van der Waals surface area contributed by atoms with E-state index in [0.717, 1.165) is 67.6 Å². The van der Waals surface area contributed by atoms with Gasteiger partial charge < -0.3 is 14.2 Å². The van der Waals surface area contributed by atoms with Crippen LogP contribution in [0.15, 0.2) is 69.2 Å². The lowest BCUT2D eigenvalue weighted by Crippen LogP contribution is -2.41. The Kier molecular flexibility index (Phi) is 8.52. The van der Waals surface area contributed by atoms with Gasteiger partial charge in [0, 0.05) is 50.1 Å². The topological polar surface area (TPSA) is 182 Å². The quantitative estimate of drug-likeness (QED) is 0.182. The van der Waals surface area contributed by atoms with Crippen molar-refractivity contribution in [2.45, 2.75) is 102 Å². The van der Waals surface area contributed by atoms with Crippen molar-refractivity contribution in [1.82, 2.24) is 58.3 Å². The van der Waals surface area contributed by atoms with Crippen LogP contribution in [-0.2, 0) is 29.5 Å². The fraction of sp³-hybridized carbons (Fsp3) is 0.417. The number of amides is 1. The fourth-order valence-corrected chi connectivity index (χ4v) is 11.4. The van der Waals surface area contributed by atoms with Crippen molar-refractivity contribution in [3.63, 3.8) is 0 Å². The monoisotopic (exact) mass is 890 g/mol. The lowest BCUT2D eigenvalue weighted by Gasteiger charge is -2.34. The summed E-state index contributed by atoms with van der Waals surface area (Å²) >= 11 is 0. The summed E-state index contributed by atoms with van der Waals surface area (Å²) in [6, 6.07) is 9.15. The third kappa shape index (κ3) is 5.65. The molecule has 0 unspecified atom stereocenters. The normalized spacial score (nSPS) is 21.8. The smallest absolute Gasteiger partial charge is 0.381 e. The molecule has 8 aromatic rings. The molecule has 66 heavy (non-hydrogen) atoms. The van der Waals surface area contributed by atoms with E-state index in [1.165, 1.54) is 21.3 Å². The maximum atomic E-state index is 16.5.